The first-order valence-electron chi connectivity index (χ1n) is 16.1. The highest BCUT2D eigenvalue weighted by Gasteiger charge is 2.49. The lowest BCUT2D eigenvalue weighted by molar-refractivity contribution is -0.132. The molecule has 3 aromatic heterocycles. The molecule has 1 saturated heterocycles. The van der Waals surface area contributed by atoms with Crippen LogP contribution >= 0.6 is 23.1 Å². The maximum Gasteiger partial charge on any atom is 0.301 e. The molecule has 0 radical (unpaired) electrons. The van der Waals surface area contributed by atoms with E-state index in [9.17, 15) is 14.7 Å². The maximum atomic E-state index is 13.9. The molecule has 1 aliphatic rings. The van der Waals surface area contributed by atoms with Crippen molar-refractivity contribution in [2.75, 3.05) is 11.5 Å². The van der Waals surface area contributed by atoms with E-state index in [0.29, 0.717) is 45.3 Å². The highest BCUT2D eigenvalue weighted by atomic mass is 32.2. The molecule has 11 heteroatoms. The second-order valence-electron chi connectivity index (χ2n) is 12.5. The Morgan fingerprint density at radius 3 is 2.61 bits per heavy atom. The van der Waals surface area contributed by atoms with E-state index in [0.717, 1.165) is 22.9 Å². The Balaban J connectivity index is 1.28. The first-order chi connectivity index (χ1) is 23.7. The minimum atomic E-state index is -0.983. The van der Waals surface area contributed by atoms with Crippen LogP contribution in [0.25, 0.3) is 22.2 Å². The van der Waals surface area contributed by atoms with Gasteiger partial charge in [0.2, 0.25) is 5.13 Å². The van der Waals surface area contributed by atoms with Crippen molar-refractivity contribution in [1.82, 2.24) is 19.6 Å². The molecule has 0 aliphatic carbocycles. The van der Waals surface area contributed by atoms with Gasteiger partial charge in [-0.05, 0) is 71.8 Å². The second-order valence-corrected chi connectivity index (χ2v) is 14.7. The van der Waals surface area contributed by atoms with Crippen LogP contribution in [0.15, 0.2) is 95.0 Å². The number of ketones is 1. The molecule has 0 spiro atoms. The topological polar surface area (TPSA) is 110 Å². The first-order valence-corrected chi connectivity index (χ1v) is 17.9. The molecule has 6 aromatic rings. The standard InChI is InChI=1S/C38H35N5O4S2/c1-22(2)17-19-47-28-15-8-13-26(20-28)32-30(33(44)31-24(4)42-18-9-10-23(3)35(42)39-31)34(45)36(46)43(32)37-40-41-38(49-37)48-21-27-14-7-12-25-11-5-6-16-29(25)27/h5-16,18,20,22,32,44H,17,19,21H2,1-4H3/b33-30+. The van der Waals surface area contributed by atoms with Crippen molar-refractivity contribution < 1.29 is 19.4 Å². The number of anilines is 1. The average molecular weight is 690 g/mol. The van der Waals surface area contributed by atoms with Crippen LogP contribution in [0, 0.1) is 19.8 Å². The van der Waals surface area contributed by atoms with Crippen LogP contribution in [0.2, 0.25) is 0 Å². The van der Waals surface area contributed by atoms with Crippen LogP contribution in [-0.2, 0) is 15.3 Å². The Morgan fingerprint density at radius 1 is 1.00 bits per heavy atom. The van der Waals surface area contributed by atoms with Gasteiger partial charge in [-0.2, -0.15) is 0 Å². The largest absolute Gasteiger partial charge is 0.505 e. The lowest BCUT2D eigenvalue weighted by Gasteiger charge is -2.23. The van der Waals surface area contributed by atoms with Crippen LogP contribution in [-0.4, -0.2) is 43.0 Å². The number of hydrogen-bond donors (Lipinski definition) is 1. The van der Waals surface area contributed by atoms with Gasteiger partial charge < -0.3 is 14.2 Å². The number of carbonyl (C=O) groups excluding carboxylic acids is 2. The molecule has 9 nitrogen and oxygen atoms in total. The minimum absolute atomic E-state index is 0.0614. The van der Waals surface area contributed by atoms with Gasteiger partial charge >= 0.3 is 5.91 Å². The number of carbonyl (C=O) groups is 2. The molecule has 49 heavy (non-hydrogen) atoms. The fourth-order valence-corrected chi connectivity index (χ4v) is 7.99. The van der Waals surface area contributed by atoms with E-state index in [-0.39, 0.29) is 22.2 Å². The fraction of sp³-hybridized carbons (Fsp3) is 0.237. The lowest BCUT2D eigenvalue weighted by atomic mass is 9.96. The second kappa shape index (κ2) is 13.5. The molecule has 4 heterocycles. The molecule has 3 aromatic carbocycles. The van der Waals surface area contributed by atoms with Crippen molar-refractivity contribution >= 4 is 62.1 Å². The van der Waals surface area contributed by atoms with Gasteiger partial charge in [0.15, 0.2) is 10.1 Å². The number of rotatable bonds is 10. The van der Waals surface area contributed by atoms with Gasteiger partial charge in [0.1, 0.15) is 17.1 Å². The molecule has 1 unspecified atom stereocenters. The van der Waals surface area contributed by atoms with Crippen LogP contribution in [0.1, 0.15) is 54.4 Å². The number of pyridine rings is 1. The Bertz CT molecular complexity index is 2250. The molecule has 1 fully saturated rings. The van der Waals surface area contributed by atoms with Crippen molar-refractivity contribution in [1.29, 1.82) is 0 Å². The molecule has 1 aliphatic heterocycles. The molecule has 1 N–H and O–H groups in total. The molecule has 1 atom stereocenters. The predicted molar refractivity (Wildman–Crippen MR) is 194 cm³/mol. The van der Waals surface area contributed by atoms with Crippen molar-refractivity contribution in [2.45, 2.75) is 50.3 Å². The molecule has 0 saturated carbocycles. The predicted octanol–water partition coefficient (Wildman–Crippen LogP) is 8.30. The number of ether oxygens (including phenoxy) is 1. The van der Waals surface area contributed by atoms with E-state index in [4.69, 9.17) is 9.72 Å². The van der Waals surface area contributed by atoms with Crippen molar-refractivity contribution in [3.63, 3.8) is 0 Å². The Morgan fingerprint density at radius 2 is 1.80 bits per heavy atom. The van der Waals surface area contributed by atoms with Gasteiger partial charge in [0.25, 0.3) is 5.78 Å². The maximum absolute atomic E-state index is 13.9. The minimum Gasteiger partial charge on any atom is -0.505 e. The summed E-state index contributed by atoms with van der Waals surface area (Å²) in [7, 11) is 0. The quantitative estimate of drug-likeness (QED) is 0.0503. The number of Topliss-reactive ketones (excluding diaryl/α,β-unsaturated/α-hetero) is 1. The SMILES string of the molecule is Cc1cccn2c(C)c(/C(O)=C3\C(=O)C(=O)N(c4nnc(SCc5cccc6ccccc56)s4)C3c3cccc(OCCC(C)C)c3)nc12. The van der Waals surface area contributed by atoms with Gasteiger partial charge in [-0.1, -0.05) is 97.6 Å². The van der Waals surface area contributed by atoms with Crippen molar-refractivity contribution in [3.05, 3.63) is 119 Å². The van der Waals surface area contributed by atoms with E-state index in [1.165, 1.54) is 33.4 Å². The summed E-state index contributed by atoms with van der Waals surface area (Å²) in [6.45, 7) is 8.54. The van der Waals surface area contributed by atoms with Crippen molar-refractivity contribution in [2.24, 2.45) is 5.92 Å². The molecular weight excluding hydrogens is 655 g/mol. The summed E-state index contributed by atoms with van der Waals surface area (Å²) in [5.41, 5.74) is 4.15. The van der Waals surface area contributed by atoms with E-state index in [1.807, 2.05) is 79.0 Å². The van der Waals surface area contributed by atoms with E-state index >= 15 is 0 Å². The number of aryl methyl sites for hydroxylation is 2. The zero-order valence-corrected chi connectivity index (χ0v) is 29.2. The van der Waals surface area contributed by atoms with Crippen molar-refractivity contribution in [3.8, 4) is 5.75 Å². The van der Waals surface area contributed by atoms with E-state index in [2.05, 4.69) is 48.3 Å². The number of aliphatic hydroxyl groups excluding tert-OH is 1. The number of amides is 1. The normalized spacial score (nSPS) is 16.0. The zero-order chi connectivity index (χ0) is 34.2. The van der Waals surface area contributed by atoms with Gasteiger partial charge in [0.05, 0.1) is 23.9 Å². The molecule has 0 bridgehead atoms. The Hall–Kier alpha value is -5.00. The average Bonchev–Trinajstić information content (AvgIpc) is 3.78. The summed E-state index contributed by atoms with van der Waals surface area (Å²) in [6.07, 6.45) is 2.73. The third-order valence-corrected chi connectivity index (χ3v) is 10.8. The highest BCUT2D eigenvalue weighted by molar-refractivity contribution is 8.00. The number of thioether (sulfide) groups is 1. The number of fused-ring (bicyclic) bond motifs is 2. The van der Waals surface area contributed by atoms with Gasteiger partial charge in [0, 0.05) is 11.9 Å². The van der Waals surface area contributed by atoms with E-state index < -0.39 is 17.7 Å². The van der Waals surface area contributed by atoms with Crippen LogP contribution in [0.5, 0.6) is 5.75 Å². The summed E-state index contributed by atoms with van der Waals surface area (Å²) in [5, 5.41) is 23.3. The monoisotopic (exact) mass is 689 g/mol. The summed E-state index contributed by atoms with van der Waals surface area (Å²) in [4.78, 5) is 33.9. The van der Waals surface area contributed by atoms with E-state index in [1.54, 1.807) is 0 Å². The van der Waals surface area contributed by atoms with Crippen LogP contribution in [0.3, 0.4) is 0 Å². The summed E-state index contributed by atoms with van der Waals surface area (Å²) in [6, 6.07) is 24.6. The van der Waals surface area contributed by atoms with Gasteiger partial charge in [-0.3, -0.25) is 14.5 Å². The Labute approximate surface area is 292 Å². The lowest BCUT2D eigenvalue weighted by Crippen LogP contribution is -2.29. The van der Waals surface area contributed by atoms with Crippen LogP contribution < -0.4 is 9.64 Å². The number of aromatic nitrogens is 4. The number of imidazole rings is 1. The number of nitrogens with zero attached hydrogens (tertiary/aromatic N) is 5. The fourth-order valence-electron chi connectivity index (χ4n) is 6.12. The number of hydrogen-bond acceptors (Lipinski definition) is 9. The highest BCUT2D eigenvalue weighted by Crippen LogP contribution is 2.45. The zero-order valence-electron chi connectivity index (χ0n) is 27.6. The Kier molecular flexibility index (Phi) is 8.96. The third-order valence-electron chi connectivity index (χ3n) is 8.72. The summed E-state index contributed by atoms with van der Waals surface area (Å²) >= 11 is 2.76. The first kappa shape index (κ1) is 32.5. The van der Waals surface area contributed by atoms with Gasteiger partial charge in [-0.25, -0.2) is 4.98 Å². The molecule has 1 amide bonds. The summed E-state index contributed by atoms with van der Waals surface area (Å²) < 4.78 is 8.58. The molecular formula is C38H35N5O4S2. The van der Waals surface area contributed by atoms with Gasteiger partial charge in [-0.15, -0.1) is 10.2 Å². The molecule has 7 rings (SSSR count). The molecule has 248 valence electrons. The smallest absolute Gasteiger partial charge is 0.301 e. The summed E-state index contributed by atoms with van der Waals surface area (Å²) in [5.74, 6) is -0.225. The number of benzene rings is 3. The number of aliphatic hydroxyl groups is 1. The van der Waals surface area contributed by atoms with Crippen LogP contribution in [0.4, 0.5) is 5.13 Å². The third kappa shape index (κ3) is 6.20.